The topological polar surface area (TPSA) is 69.0 Å². The maximum Gasteiger partial charge on any atom is 0.265 e. The van der Waals surface area contributed by atoms with E-state index in [1.807, 2.05) is 66.7 Å². The lowest BCUT2D eigenvalue weighted by atomic mass is 10.1. The number of amides is 1. The molecule has 1 aromatic heterocycles. The Morgan fingerprint density at radius 1 is 0.931 bits per heavy atom. The molecule has 4 rings (SSSR count). The first-order valence-corrected chi connectivity index (χ1v) is 9.29. The number of carbonyl (C=O) groups excluding carboxylic acids is 1. The Morgan fingerprint density at radius 2 is 1.62 bits per heavy atom. The van der Waals surface area contributed by atoms with E-state index >= 15 is 0 Å². The Bertz CT molecular complexity index is 1080. The monoisotopic (exact) mass is 384 g/mol. The second kappa shape index (κ2) is 8.39. The molecule has 1 heterocycles. The normalized spacial score (nSPS) is 11.6. The van der Waals surface area contributed by atoms with Gasteiger partial charge in [0, 0.05) is 0 Å². The fraction of sp³-hybridized carbons (Fsp3) is 0.0870. The molecule has 3 aromatic carbocycles. The van der Waals surface area contributed by atoms with Gasteiger partial charge in [0.1, 0.15) is 5.75 Å². The van der Waals surface area contributed by atoms with Gasteiger partial charge in [0.05, 0.1) is 23.8 Å². The summed E-state index contributed by atoms with van der Waals surface area (Å²) in [6, 6.07) is 25.2. The van der Waals surface area contributed by atoms with Crippen LogP contribution in [-0.4, -0.2) is 27.0 Å². The van der Waals surface area contributed by atoms with Crippen LogP contribution in [-0.2, 0) is 4.79 Å². The number of hydrogen-bond acceptors (Lipinski definition) is 4. The largest absolute Gasteiger partial charge is 0.481 e. The Labute approximate surface area is 168 Å². The van der Waals surface area contributed by atoms with Gasteiger partial charge >= 0.3 is 0 Å². The molecule has 0 aliphatic carbocycles. The van der Waals surface area contributed by atoms with Crippen molar-refractivity contribution in [2.45, 2.75) is 13.0 Å². The van der Waals surface area contributed by atoms with Crippen molar-refractivity contribution in [3.8, 4) is 22.6 Å². The third-order valence-corrected chi connectivity index (χ3v) is 4.47. The number of rotatable bonds is 6. The van der Waals surface area contributed by atoms with Crippen molar-refractivity contribution in [2.24, 2.45) is 0 Å². The van der Waals surface area contributed by atoms with E-state index in [2.05, 4.69) is 27.8 Å². The van der Waals surface area contributed by atoms with Gasteiger partial charge < -0.3 is 10.1 Å². The molecule has 0 bridgehead atoms. The number of ether oxygens (including phenoxy) is 1. The van der Waals surface area contributed by atoms with Crippen LogP contribution < -0.4 is 10.1 Å². The number of carbonyl (C=O) groups is 1. The zero-order chi connectivity index (χ0) is 20.1. The second-order valence-electron chi connectivity index (χ2n) is 6.50. The van der Waals surface area contributed by atoms with Gasteiger partial charge in [-0.2, -0.15) is 0 Å². The highest BCUT2D eigenvalue weighted by Gasteiger charge is 2.17. The van der Waals surface area contributed by atoms with Crippen LogP contribution in [0.2, 0.25) is 0 Å². The average Bonchev–Trinajstić information content (AvgIpc) is 3.30. The van der Waals surface area contributed by atoms with Crippen molar-refractivity contribution in [2.75, 3.05) is 5.32 Å². The number of para-hydroxylation sites is 2. The molecule has 0 fully saturated rings. The molecule has 0 aliphatic rings. The third kappa shape index (κ3) is 4.32. The molecule has 1 unspecified atom stereocenters. The minimum atomic E-state index is -0.665. The predicted molar refractivity (Wildman–Crippen MR) is 112 cm³/mol. The lowest BCUT2D eigenvalue weighted by Gasteiger charge is -2.16. The van der Waals surface area contributed by atoms with E-state index in [4.69, 9.17) is 4.74 Å². The van der Waals surface area contributed by atoms with Crippen LogP contribution in [0.3, 0.4) is 0 Å². The molecule has 1 atom stereocenters. The molecule has 1 amide bonds. The summed E-state index contributed by atoms with van der Waals surface area (Å²) in [7, 11) is 0. The summed E-state index contributed by atoms with van der Waals surface area (Å²) >= 11 is 0. The number of aromatic nitrogens is 3. The summed E-state index contributed by atoms with van der Waals surface area (Å²) in [5.41, 5.74) is 3.60. The number of nitrogens with zero attached hydrogens (tertiary/aromatic N) is 3. The summed E-state index contributed by atoms with van der Waals surface area (Å²) in [6.45, 7) is 1.72. The molecule has 6 nitrogen and oxygen atoms in total. The molecule has 4 aromatic rings. The maximum absolute atomic E-state index is 12.6. The van der Waals surface area contributed by atoms with E-state index in [-0.39, 0.29) is 5.91 Å². The van der Waals surface area contributed by atoms with Crippen LogP contribution in [0.1, 0.15) is 6.92 Å². The van der Waals surface area contributed by atoms with E-state index in [0.717, 1.165) is 16.8 Å². The Kier molecular flexibility index (Phi) is 5.33. The van der Waals surface area contributed by atoms with Gasteiger partial charge in [-0.3, -0.25) is 4.79 Å². The molecule has 0 radical (unpaired) electrons. The van der Waals surface area contributed by atoms with E-state index in [0.29, 0.717) is 11.4 Å². The smallest absolute Gasteiger partial charge is 0.265 e. The quantitative estimate of drug-likeness (QED) is 0.537. The number of benzene rings is 3. The minimum Gasteiger partial charge on any atom is -0.481 e. The highest BCUT2D eigenvalue weighted by Crippen LogP contribution is 2.23. The SMILES string of the molecule is CC(Oc1ccc(-c2ccccc2)cc1)C(=O)Nc1ccccc1-n1ccnn1. The summed E-state index contributed by atoms with van der Waals surface area (Å²) in [5, 5.41) is 10.7. The Balaban J connectivity index is 1.43. The summed E-state index contributed by atoms with van der Waals surface area (Å²) < 4.78 is 7.42. The van der Waals surface area contributed by atoms with Gasteiger partial charge in [-0.1, -0.05) is 59.8 Å². The molecule has 0 aliphatic heterocycles. The average molecular weight is 384 g/mol. The Morgan fingerprint density at radius 3 is 2.34 bits per heavy atom. The number of nitrogens with one attached hydrogen (secondary N) is 1. The number of hydrogen-bond donors (Lipinski definition) is 1. The van der Waals surface area contributed by atoms with E-state index in [1.54, 1.807) is 24.0 Å². The van der Waals surface area contributed by atoms with Crippen LogP contribution in [0.5, 0.6) is 5.75 Å². The molecular formula is C23H20N4O2. The predicted octanol–water partition coefficient (Wildman–Crippen LogP) is 4.34. The fourth-order valence-corrected chi connectivity index (χ4v) is 2.96. The highest BCUT2D eigenvalue weighted by atomic mass is 16.5. The lowest BCUT2D eigenvalue weighted by Crippen LogP contribution is -2.30. The molecule has 29 heavy (non-hydrogen) atoms. The first kappa shape index (κ1) is 18.4. The number of anilines is 1. The molecule has 144 valence electrons. The van der Waals surface area contributed by atoms with Gasteiger partial charge in [-0.15, -0.1) is 5.10 Å². The van der Waals surface area contributed by atoms with E-state index in [9.17, 15) is 4.79 Å². The molecular weight excluding hydrogens is 364 g/mol. The Hall–Kier alpha value is -3.93. The summed E-state index contributed by atoms with van der Waals surface area (Å²) in [5.74, 6) is 0.390. The zero-order valence-electron chi connectivity index (χ0n) is 15.9. The third-order valence-electron chi connectivity index (χ3n) is 4.47. The van der Waals surface area contributed by atoms with Gasteiger partial charge in [-0.25, -0.2) is 4.68 Å². The highest BCUT2D eigenvalue weighted by molar-refractivity contribution is 5.95. The van der Waals surface area contributed by atoms with Gasteiger partial charge in [0.2, 0.25) is 0 Å². The molecule has 0 saturated carbocycles. The zero-order valence-corrected chi connectivity index (χ0v) is 15.9. The molecule has 6 heteroatoms. The lowest BCUT2D eigenvalue weighted by molar-refractivity contribution is -0.122. The summed E-state index contributed by atoms with van der Waals surface area (Å²) in [6.07, 6.45) is 2.64. The maximum atomic E-state index is 12.6. The van der Waals surface area contributed by atoms with Crippen molar-refractivity contribution in [1.82, 2.24) is 15.0 Å². The van der Waals surface area contributed by atoms with Crippen molar-refractivity contribution < 1.29 is 9.53 Å². The van der Waals surface area contributed by atoms with Crippen LogP contribution in [0.25, 0.3) is 16.8 Å². The van der Waals surface area contributed by atoms with Crippen molar-refractivity contribution in [1.29, 1.82) is 0 Å². The summed E-state index contributed by atoms with van der Waals surface area (Å²) in [4.78, 5) is 12.6. The van der Waals surface area contributed by atoms with Gasteiger partial charge in [0.15, 0.2) is 6.10 Å². The van der Waals surface area contributed by atoms with E-state index < -0.39 is 6.10 Å². The van der Waals surface area contributed by atoms with Crippen LogP contribution >= 0.6 is 0 Å². The van der Waals surface area contributed by atoms with Crippen LogP contribution in [0.4, 0.5) is 5.69 Å². The minimum absolute atomic E-state index is 0.246. The van der Waals surface area contributed by atoms with Gasteiger partial charge in [-0.05, 0) is 42.3 Å². The molecule has 1 N–H and O–H groups in total. The van der Waals surface area contributed by atoms with E-state index in [1.165, 1.54) is 0 Å². The van der Waals surface area contributed by atoms with Crippen molar-refractivity contribution in [3.63, 3.8) is 0 Å². The van der Waals surface area contributed by atoms with Crippen molar-refractivity contribution in [3.05, 3.63) is 91.3 Å². The molecule has 0 spiro atoms. The molecule has 0 saturated heterocycles. The first-order chi connectivity index (χ1) is 14.2. The second-order valence-corrected chi connectivity index (χ2v) is 6.50. The van der Waals surface area contributed by atoms with Crippen LogP contribution in [0, 0.1) is 0 Å². The van der Waals surface area contributed by atoms with Gasteiger partial charge in [0.25, 0.3) is 5.91 Å². The fourth-order valence-electron chi connectivity index (χ4n) is 2.96. The van der Waals surface area contributed by atoms with Crippen molar-refractivity contribution >= 4 is 11.6 Å². The first-order valence-electron chi connectivity index (χ1n) is 9.29. The van der Waals surface area contributed by atoms with Crippen LogP contribution in [0.15, 0.2) is 91.3 Å². The standard InChI is InChI=1S/C23H20N4O2/c1-17(29-20-13-11-19(12-14-20)18-7-3-2-4-8-18)23(28)25-21-9-5-6-10-22(21)27-16-15-24-26-27/h2-17H,1H3,(H,25,28).